The molecule has 3 rings (SSSR count). The molecule has 0 N–H and O–H groups in total. The predicted octanol–water partition coefficient (Wildman–Crippen LogP) is 3.86. The molecule has 1 saturated heterocycles. The van der Waals surface area contributed by atoms with E-state index in [-0.39, 0.29) is 11.2 Å². The minimum atomic E-state index is -0.144. The summed E-state index contributed by atoms with van der Waals surface area (Å²) in [6.07, 6.45) is 1.67. The van der Waals surface area contributed by atoms with Crippen LogP contribution in [0, 0.1) is 6.92 Å². The Morgan fingerprint density at radius 1 is 1.19 bits per heavy atom. The molecule has 0 radical (unpaired) electrons. The maximum atomic E-state index is 12.5. The van der Waals surface area contributed by atoms with E-state index < -0.39 is 0 Å². The first kappa shape index (κ1) is 18.2. The maximum Gasteiger partial charge on any atom is 0.242 e. The fourth-order valence-electron chi connectivity index (χ4n) is 2.60. The summed E-state index contributed by atoms with van der Waals surface area (Å²) in [6, 6.07) is 15.6. The molecule has 1 unspecified atom stereocenters. The van der Waals surface area contributed by atoms with Gasteiger partial charge in [-0.2, -0.15) is 5.10 Å². The largest absolute Gasteiger partial charge is 0.497 e. The number of nitrogens with zero attached hydrogens (tertiary/aromatic N) is 3. The lowest BCUT2D eigenvalue weighted by Gasteiger charge is -2.16. The van der Waals surface area contributed by atoms with Crippen LogP contribution in [0.2, 0.25) is 0 Å². The highest BCUT2D eigenvalue weighted by molar-refractivity contribution is 8.15. The highest BCUT2D eigenvalue weighted by Gasteiger charge is 2.35. The van der Waals surface area contributed by atoms with Crippen LogP contribution >= 0.6 is 11.8 Å². The highest BCUT2D eigenvalue weighted by Crippen LogP contribution is 2.29. The smallest absolute Gasteiger partial charge is 0.242 e. The number of methoxy groups -OCH3 is 1. The molecule has 134 valence electrons. The SMILES string of the molecule is COc1ccc(/C=N/N=C2\SC(C)C(=O)N2Cc2ccccc2C)cc1. The van der Waals surface area contributed by atoms with Crippen molar-refractivity contribution < 1.29 is 9.53 Å². The quantitative estimate of drug-likeness (QED) is 0.596. The lowest BCUT2D eigenvalue weighted by atomic mass is 10.1. The van der Waals surface area contributed by atoms with Crippen molar-refractivity contribution in [2.75, 3.05) is 7.11 Å². The molecule has 5 nitrogen and oxygen atoms in total. The third-order valence-corrected chi connectivity index (χ3v) is 5.25. The van der Waals surface area contributed by atoms with Gasteiger partial charge < -0.3 is 4.74 Å². The molecule has 1 fully saturated rings. The Balaban J connectivity index is 1.77. The van der Waals surface area contributed by atoms with Crippen molar-refractivity contribution in [2.24, 2.45) is 10.2 Å². The number of thioether (sulfide) groups is 1. The second-order valence-corrected chi connectivity index (χ2v) is 7.32. The number of ether oxygens (including phenoxy) is 1. The predicted molar refractivity (Wildman–Crippen MR) is 107 cm³/mol. The zero-order valence-electron chi connectivity index (χ0n) is 15.0. The molecular formula is C20H21N3O2S. The van der Waals surface area contributed by atoms with E-state index in [0.29, 0.717) is 11.7 Å². The fraction of sp³-hybridized carbons (Fsp3) is 0.250. The van der Waals surface area contributed by atoms with E-state index in [0.717, 1.165) is 22.4 Å². The normalized spacial score (nSPS) is 18.9. The van der Waals surface area contributed by atoms with Gasteiger partial charge in [0.1, 0.15) is 5.75 Å². The van der Waals surface area contributed by atoms with E-state index in [9.17, 15) is 4.79 Å². The summed E-state index contributed by atoms with van der Waals surface area (Å²) < 4.78 is 5.14. The standard InChI is InChI=1S/C20H21N3O2S/c1-14-6-4-5-7-17(14)13-23-19(24)15(2)26-20(23)22-21-12-16-8-10-18(25-3)11-9-16/h4-12,15H,13H2,1-3H3/b21-12+,22-20-. The Morgan fingerprint density at radius 2 is 1.92 bits per heavy atom. The minimum Gasteiger partial charge on any atom is -0.497 e. The Labute approximate surface area is 157 Å². The van der Waals surface area contributed by atoms with Gasteiger partial charge in [0.05, 0.1) is 25.1 Å². The van der Waals surface area contributed by atoms with Crippen LogP contribution in [0.1, 0.15) is 23.6 Å². The summed E-state index contributed by atoms with van der Waals surface area (Å²) in [5.74, 6) is 0.861. The van der Waals surface area contributed by atoms with Crippen LogP contribution < -0.4 is 4.74 Å². The molecule has 1 atom stereocenters. The van der Waals surface area contributed by atoms with Gasteiger partial charge in [0.25, 0.3) is 0 Å². The van der Waals surface area contributed by atoms with Crippen LogP contribution in [0.5, 0.6) is 5.75 Å². The first-order valence-electron chi connectivity index (χ1n) is 8.36. The van der Waals surface area contributed by atoms with Gasteiger partial charge in [-0.15, -0.1) is 5.10 Å². The van der Waals surface area contributed by atoms with Gasteiger partial charge in [0, 0.05) is 0 Å². The molecule has 0 aliphatic carbocycles. The molecule has 1 amide bonds. The molecule has 2 aromatic rings. The number of carbonyl (C=O) groups excluding carboxylic acids is 1. The summed E-state index contributed by atoms with van der Waals surface area (Å²) in [4.78, 5) is 14.2. The number of rotatable bonds is 5. The Bertz CT molecular complexity index is 846. The summed E-state index contributed by atoms with van der Waals surface area (Å²) in [6.45, 7) is 4.46. The fourth-order valence-corrected chi connectivity index (χ4v) is 3.52. The number of aryl methyl sites for hydroxylation is 1. The Kier molecular flexibility index (Phi) is 5.73. The van der Waals surface area contributed by atoms with Gasteiger partial charge in [-0.3, -0.25) is 9.69 Å². The number of amidine groups is 1. The molecule has 0 saturated carbocycles. The van der Waals surface area contributed by atoms with E-state index in [2.05, 4.69) is 10.2 Å². The number of carbonyl (C=O) groups is 1. The lowest BCUT2D eigenvalue weighted by Crippen LogP contribution is -2.31. The zero-order valence-corrected chi connectivity index (χ0v) is 15.9. The van der Waals surface area contributed by atoms with E-state index in [1.807, 2.05) is 62.4 Å². The number of amides is 1. The van der Waals surface area contributed by atoms with Crippen molar-refractivity contribution in [3.8, 4) is 5.75 Å². The van der Waals surface area contributed by atoms with Crippen LogP contribution in [0.4, 0.5) is 0 Å². The summed E-state index contributed by atoms with van der Waals surface area (Å²) in [7, 11) is 1.63. The molecule has 1 aliphatic rings. The van der Waals surface area contributed by atoms with Gasteiger partial charge in [0.15, 0.2) is 5.17 Å². The molecule has 0 spiro atoms. The summed E-state index contributed by atoms with van der Waals surface area (Å²) in [5.41, 5.74) is 3.19. The molecule has 0 aromatic heterocycles. The monoisotopic (exact) mass is 367 g/mol. The molecule has 1 aliphatic heterocycles. The molecule has 0 bridgehead atoms. The van der Waals surface area contributed by atoms with Crippen molar-refractivity contribution in [3.63, 3.8) is 0 Å². The summed E-state index contributed by atoms with van der Waals surface area (Å²) >= 11 is 1.44. The van der Waals surface area contributed by atoms with Crippen molar-refractivity contribution in [2.45, 2.75) is 25.6 Å². The Morgan fingerprint density at radius 3 is 2.62 bits per heavy atom. The highest BCUT2D eigenvalue weighted by atomic mass is 32.2. The van der Waals surface area contributed by atoms with Gasteiger partial charge in [-0.05, 0) is 54.8 Å². The van der Waals surface area contributed by atoms with Crippen molar-refractivity contribution in [1.82, 2.24) is 4.90 Å². The molecule has 1 heterocycles. The Hall–Kier alpha value is -2.60. The summed E-state index contributed by atoms with van der Waals surface area (Å²) in [5, 5.41) is 8.95. The number of hydrogen-bond acceptors (Lipinski definition) is 5. The molecule has 6 heteroatoms. The molecule has 26 heavy (non-hydrogen) atoms. The average molecular weight is 367 g/mol. The van der Waals surface area contributed by atoms with Crippen LogP contribution in [0.25, 0.3) is 0 Å². The molecular weight excluding hydrogens is 346 g/mol. The van der Waals surface area contributed by atoms with Crippen LogP contribution in [0.15, 0.2) is 58.7 Å². The topological polar surface area (TPSA) is 54.3 Å². The van der Waals surface area contributed by atoms with E-state index in [1.165, 1.54) is 11.8 Å². The third kappa shape index (κ3) is 4.14. The maximum absolute atomic E-state index is 12.5. The van der Waals surface area contributed by atoms with Crippen LogP contribution in [-0.4, -0.2) is 34.5 Å². The zero-order chi connectivity index (χ0) is 18.5. The van der Waals surface area contributed by atoms with E-state index in [1.54, 1.807) is 18.2 Å². The van der Waals surface area contributed by atoms with Crippen molar-refractivity contribution in [3.05, 3.63) is 65.2 Å². The number of hydrogen-bond donors (Lipinski definition) is 0. The molecule has 2 aromatic carbocycles. The first-order chi connectivity index (χ1) is 12.6. The van der Waals surface area contributed by atoms with Gasteiger partial charge >= 0.3 is 0 Å². The van der Waals surface area contributed by atoms with Crippen LogP contribution in [-0.2, 0) is 11.3 Å². The van der Waals surface area contributed by atoms with Gasteiger partial charge in [0.2, 0.25) is 5.91 Å². The second-order valence-electron chi connectivity index (χ2n) is 6.01. The average Bonchev–Trinajstić information content (AvgIpc) is 2.92. The number of benzene rings is 2. The van der Waals surface area contributed by atoms with E-state index in [4.69, 9.17) is 4.74 Å². The van der Waals surface area contributed by atoms with E-state index >= 15 is 0 Å². The van der Waals surface area contributed by atoms with Gasteiger partial charge in [-0.25, -0.2) is 0 Å². The van der Waals surface area contributed by atoms with Crippen molar-refractivity contribution in [1.29, 1.82) is 0 Å². The first-order valence-corrected chi connectivity index (χ1v) is 9.24. The third-order valence-electron chi connectivity index (χ3n) is 4.18. The van der Waals surface area contributed by atoms with Crippen LogP contribution in [0.3, 0.4) is 0 Å². The van der Waals surface area contributed by atoms with Gasteiger partial charge in [-0.1, -0.05) is 36.0 Å². The minimum absolute atomic E-state index is 0.0663. The second kappa shape index (κ2) is 8.19. The van der Waals surface area contributed by atoms with Crippen molar-refractivity contribution >= 4 is 29.1 Å². The lowest BCUT2D eigenvalue weighted by molar-refractivity contribution is -0.126.